The first-order chi connectivity index (χ1) is 53.6. The lowest BCUT2D eigenvalue weighted by atomic mass is 9.95. The van der Waals surface area contributed by atoms with Gasteiger partial charge in [-0.1, -0.05) is 146 Å². The summed E-state index contributed by atoms with van der Waals surface area (Å²) < 4.78 is 162. The number of carbonyl (C=O) groups excluding carboxylic acids is 4. The summed E-state index contributed by atoms with van der Waals surface area (Å²) >= 11 is 0. The summed E-state index contributed by atoms with van der Waals surface area (Å²) in [6.07, 6.45) is -10.8. The largest absolute Gasteiger partial charge is 0.471 e. The second-order valence-corrected chi connectivity index (χ2v) is 30.7. The third-order valence-electron chi connectivity index (χ3n) is 16.3. The number of allylic oxidation sites excluding steroid dienone is 2. The minimum atomic E-state index is -5.07. The van der Waals surface area contributed by atoms with Crippen molar-refractivity contribution < 1.29 is 102 Å². The van der Waals surface area contributed by atoms with Crippen LogP contribution in [0.2, 0.25) is 0 Å². The Morgan fingerprint density at radius 1 is 0.561 bits per heavy atom. The molecule has 4 bridgehead atoms. The molecule has 0 fully saturated rings. The summed E-state index contributed by atoms with van der Waals surface area (Å²) in [5.74, 6) is -3.01. The zero-order chi connectivity index (χ0) is 83.5. The Kier molecular flexibility index (Phi) is 29.8. The van der Waals surface area contributed by atoms with Crippen LogP contribution in [-0.2, 0) is 75.5 Å². The molecule has 1 aliphatic heterocycles. The molecule has 30 heteroatoms. The lowest BCUT2D eigenvalue weighted by Crippen LogP contribution is -2.45. The van der Waals surface area contributed by atoms with Crippen LogP contribution in [-0.4, -0.2) is 115 Å². The molecule has 1 aliphatic rings. The number of halogens is 6. The molecular formula is C84H98F6N8O16. The van der Waals surface area contributed by atoms with E-state index in [2.05, 4.69) is 43.5 Å². The number of rotatable bonds is 25. The molecule has 0 saturated heterocycles. The Balaban J connectivity index is 0.000000286. The highest BCUT2D eigenvalue weighted by molar-refractivity contribution is 6.12. The third-order valence-corrected chi connectivity index (χ3v) is 16.3. The number of amides is 4. The number of hydrogen-bond donors (Lipinski definition) is 0. The van der Waals surface area contributed by atoms with Gasteiger partial charge in [-0.05, 0) is 157 Å². The number of nitrogens with zero attached hydrogens (tertiary/aromatic N) is 8. The van der Waals surface area contributed by atoms with E-state index in [1.165, 1.54) is 18.2 Å². The maximum atomic E-state index is 15.4. The van der Waals surface area contributed by atoms with E-state index in [-0.39, 0.29) is 73.6 Å². The summed E-state index contributed by atoms with van der Waals surface area (Å²) in [5, 5.41) is 15.7. The molecule has 8 aromatic rings. The van der Waals surface area contributed by atoms with Crippen molar-refractivity contribution >= 4 is 35.7 Å². The van der Waals surface area contributed by atoms with Gasteiger partial charge >= 0.3 is 36.7 Å². The van der Waals surface area contributed by atoms with Crippen molar-refractivity contribution in [3.8, 4) is 34.9 Å². The molecule has 0 aliphatic carbocycles. The Morgan fingerprint density at radius 2 is 1.02 bits per heavy atom. The second kappa shape index (κ2) is 38.3. The second-order valence-electron chi connectivity index (χ2n) is 30.7. The van der Waals surface area contributed by atoms with Crippen molar-refractivity contribution in [3.63, 3.8) is 0 Å². The fourth-order valence-electron chi connectivity index (χ4n) is 11.1. The Morgan fingerprint density at radius 3 is 1.49 bits per heavy atom. The Labute approximate surface area is 659 Å². The molecule has 0 saturated carbocycles. The number of carbonyl (C=O) groups is 4. The maximum Gasteiger partial charge on any atom is 0.426 e. The highest BCUT2D eigenvalue weighted by atomic mass is 19.4. The van der Waals surface area contributed by atoms with E-state index in [4.69, 9.17) is 56.2 Å². The summed E-state index contributed by atoms with van der Waals surface area (Å²) in [7, 11) is 0. The number of aromatic nitrogens is 6. The summed E-state index contributed by atoms with van der Waals surface area (Å²) in [6.45, 7) is 29.7. The van der Waals surface area contributed by atoms with Gasteiger partial charge in [0.1, 0.15) is 34.6 Å². The predicted molar refractivity (Wildman–Crippen MR) is 411 cm³/mol. The van der Waals surface area contributed by atoms with Gasteiger partial charge in [0.05, 0.1) is 51.0 Å². The average Bonchev–Trinajstić information content (AvgIpc) is 1.58. The summed E-state index contributed by atoms with van der Waals surface area (Å²) in [6, 6.07) is 38.4. The number of aryl methyl sites for hydroxylation is 2. The number of hydrogen-bond acceptors (Lipinski definition) is 22. The van der Waals surface area contributed by atoms with Crippen molar-refractivity contribution in [1.82, 2.24) is 30.4 Å². The lowest BCUT2D eigenvalue weighted by Gasteiger charge is -2.32. The van der Waals surface area contributed by atoms with Crippen molar-refractivity contribution in [1.29, 1.82) is 0 Å². The molecule has 0 radical (unpaired) electrons. The molecule has 24 nitrogen and oxygen atoms in total. The normalized spacial score (nSPS) is 15.6. The van der Waals surface area contributed by atoms with Gasteiger partial charge in [0.15, 0.2) is 11.4 Å². The highest BCUT2D eigenvalue weighted by Crippen LogP contribution is 2.50. The monoisotopic (exact) mass is 1590 g/mol. The minimum Gasteiger partial charge on any atom is -0.471 e. The molecule has 5 heterocycles. The number of ether oxygens (including phenoxy) is 10. The molecule has 612 valence electrons. The van der Waals surface area contributed by atoms with Gasteiger partial charge in [0, 0.05) is 24.0 Å². The fraction of sp³-hybridized carbons (Fsp3) is 0.429. The molecule has 114 heavy (non-hydrogen) atoms. The van der Waals surface area contributed by atoms with Crippen molar-refractivity contribution in [2.45, 2.75) is 220 Å². The molecule has 0 spiro atoms. The quantitative estimate of drug-likeness (QED) is 0.0292. The Bertz CT molecular complexity index is 4480. The van der Waals surface area contributed by atoms with Gasteiger partial charge in [-0.15, -0.1) is 33.6 Å². The number of pyridine rings is 2. The predicted octanol–water partition coefficient (Wildman–Crippen LogP) is 20.4. The van der Waals surface area contributed by atoms with Gasteiger partial charge in [-0.3, -0.25) is 0 Å². The van der Waals surface area contributed by atoms with Gasteiger partial charge in [0.2, 0.25) is 23.0 Å². The number of alkyl halides is 6. The van der Waals surface area contributed by atoms with Crippen molar-refractivity contribution in [2.75, 3.05) is 23.0 Å². The average molecular weight is 1590 g/mol. The zero-order valence-electron chi connectivity index (χ0n) is 66.4. The van der Waals surface area contributed by atoms with Crippen LogP contribution < -0.4 is 19.3 Å². The molecule has 4 amide bonds. The number of benzene rings is 4. The van der Waals surface area contributed by atoms with E-state index >= 15 is 26.3 Å². The van der Waals surface area contributed by atoms with Crippen LogP contribution in [0.1, 0.15) is 167 Å². The van der Waals surface area contributed by atoms with Crippen LogP contribution in [0.25, 0.3) is 23.2 Å². The molecule has 4 aromatic carbocycles. The van der Waals surface area contributed by atoms with E-state index in [1.54, 1.807) is 176 Å². The van der Waals surface area contributed by atoms with Gasteiger partial charge in [0.25, 0.3) is 23.6 Å². The van der Waals surface area contributed by atoms with Crippen LogP contribution in [0, 0.1) is 13.8 Å². The van der Waals surface area contributed by atoms with Gasteiger partial charge < -0.3 is 56.2 Å². The third kappa shape index (κ3) is 24.8. The highest BCUT2D eigenvalue weighted by Gasteiger charge is 2.62. The van der Waals surface area contributed by atoms with Crippen molar-refractivity contribution in [3.05, 3.63) is 216 Å². The molecule has 9 rings (SSSR count). The minimum absolute atomic E-state index is 0.0120. The molecule has 0 unspecified atom stereocenters. The first-order valence-corrected chi connectivity index (χ1v) is 36.8. The number of fused-ring (bicyclic) bond motifs is 5. The lowest BCUT2D eigenvalue weighted by molar-refractivity contribution is -0.299. The Hall–Kier alpha value is -10.8. The molecule has 0 N–H and O–H groups in total. The first kappa shape index (κ1) is 88.7. The SMILES string of the molecule is C=CCC[C@@](OCc1ccccc1)(c1nnc(-c2nc(O[C@H](CC=C)COCc3ccccc3)c(C)cc2N(C(=O)OC(C)(C)C)C(=O)OC(C)(C)C)o1)C(F)(F)F.Cc1cc(N(C(=O)OC(C)(C)C)C(=O)OC(C)(C)C)c2nc1O[C@@H](COCc1ccccc1)CC=CCC[C@](OCc1ccccc1)(C(F)(F)F)c1nnc-2o1. The molecule has 4 atom stereocenters. The number of anilines is 2. The van der Waals surface area contributed by atoms with E-state index in [0.29, 0.717) is 45.1 Å². The smallest absolute Gasteiger partial charge is 0.426 e. The van der Waals surface area contributed by atoms with E-state index < -0.39 is 132 Å². The van der Waals surface area contributed by atoms with Crippen LogP contribution in [0.5, 0.6) is 11.8 Å². The van der Waals surface area contributed by atoms with Crippen LogP contribution in [0.4, 0.5) is 56.9 Å². The molecular weight excluding hydrogens is 1490 g/mol. The topological polar surface area (TPSA) is 271 Å². The zero-order valence-corrected chi connectivity index (χ0v) is 66.4. The maximum absolute atomic E-state index is 15.4. The molecule has 4 aromatic heterocycles. The fourth-order valence-corrected chi connectivity index (χ4v) is 11.1. The van der Waals surface area contributed by atoms with Crippen molar-refractivity contribution in [2.24, 2.45) is 0 Å². The van der Waals surface area contributed by atoms with Crippen LogP contribution >= 0.6 is 0 Å². The van der Waals surface area contributed by atoms with Gasteiger partial charge in [-0.2, -0.15) is 36.1 Å². The van der Waals surface area contributed by atoms with E-state index in [1.807, 2.05) is 60.7 Å². The van der Waals surface area contributed by atoms with Gasteiger partial charge in [-0.25, -0.2) is 29.1 Å². The summed E-state index contributed by atoms with van der Waals surface area (Å²) in [4.78, 5) is 65.8. The first-order valence-electron chi connectivity index (χ1n) is 36.8. The van der Waals surface area contributed by atoms with E-state index in [0.717, 1.165) is 11.1 Å². The van der Waals surface area contributed by atoms with E-state index in [9.17, 15) is 19.2 Å². The standard InChI is InChI=1S/C43H51F3N4O8.C41H47F3N4O8/c1-10-12-24-42(43(44,45)46,54-27-31-22-17-14-18-23-31)37-49-48-36(56-37)34-33(50(38(51)57-40(4,5)6)39(52)58-41(7,8)9)25-29(3)35(47-34)55-32(19-11-2)28-53-26-30-20-15-13-16-21-30;1-27-23-31(48(36(49)55-38(2,3)4)37(50)56-39(5,6)7)32-34-46-47-35(54-34)40(41(42,43)44,52-25-29-19-13-9-14-20-29)22-16-10-15-21-30(53-33(27)45-32)26-51-24-28-17-11-8-12-18-28/h10-11,13-18,20-23,25,32H,1-2,12,19,24,26-28H2,3-9H3;8-15,17-20,23,30H,16,21-22,24-26H2,1-7H3/t32-,42-;30-,40-/m11/s1. The number of imide groups is 2. The van der Waals surface area contributed by atoms with Crippen LogP contribution in [0.15, 0.2) is 180 Å². The summed E-state index contributed by atoms with van der Waals surface area (Å²) in [5.41, 5.74) is -8.31. The van der Waals surface area contributed by atoms with Crippen LogP contribution in [0.3, 0.4) is 0 Å².